The maximum Gasteiger partial charge on any atom is 0.179 e. The zero-order valence-corrected chi connectivity index (χ0v) is 8.81. The van der Waals surface area contributed by atoms with Crippen molar-refractivity contribution in [2.24, 2.45) is 11.8 Å². The molecular formula is C10H8Cl2O2. The Bertz CT molecular complexity index is 334. The summed E-state index contributed by atoms with van der Waals surface area (Å²) in [4.78, 5) is 23.3. The Morgan fingerprint density at radius 2 is 1.29 bits per heavy atom. The first-order chi connectivity index (χ1) is 6.63. The molecule has 0 saturated carbocycles. The highest BCUT2D eigenvalue weighted by Crippen LogP contribution is 2.38. The van der Waals surface area contributed by atoms with E-state index in [1.807, 2.05) is 12.2 Å². The first-order valence-corrected chi connectivity index (χ1v) is 5.17. The lowest BCUT2D eigenvalue weighted by molar-refractivity contribution is -0.129. The molecular weight excluding hydrogens is 223 g/mol. The second-order valence-corrected chi connectivity index (χ2v) is 4.27. The van der Waals surface area contributed by atoms with Gasteiger partial charge in [-0.2, -0.15) is 0 Å². The number of Topliss-reactive ketones (excluding diaryl/α,β-unsaturated/α-hetero) is 2. The van der Waals surface area contributed by atoms with Crippen LogP contribution < -0.4 is 0 Å². The lowest BCUT2D eigenvalue weighted by Crippen LogP contribution is -2.36. The molecule has 2 atom stereocenters. The van der Waals surface area contributed by atoms with Crippen LogP contribution in [0.1, 0.15) is 12.8 Å². The van der Waals surface area contributed by atoms with E-state index in [9.17, 15) is 9.59 Å². The third-order valence-corrected chi connectivity index (χ3v) is 3.58. The summed E-state index contributed by atoms with van der Waals surface area (Å²) in [6, 6.07) is 0. The summed E-state index contributed by atoms with van der Waals surface area (Å²) < 4.78 is 0. The Balaban J connectivity index is 2.44. The van der Waals surface area contributed by atoms with Crippen LogP contribution in [0.2, 0.25) is 0 Å². The number of halogens is 2. The van der Waals surface area contributed by atoms with E-state index >= 15 is 0 Å². The average molecular weight is 231 g/mol. The highest BCUT2D eigenvalue weighted by molar-refractivity contribution is 6.56. The van der Waals surface area contributed by atoms with Crippen LogP contribution in [0.25, 0.3) is 0 Å². The minimum atomic E-state index is -0.289. The van der Waals surface area contributed by atoms with Crippen molar-refractivity contribution in [3.63, 3.8) is 0 Å². The van der Waals surface area contributed by atoms with E-state index in [4.69, 9.17) is 23.2 Å². The molecule has 0 fully saturated rings. The minimum Gasteiger partial charge on any atom is -0.293 e. The van der Waals surface area contributed by atoms with Crippen LogP contribution in [0, 0.1) is 11.8 Å². The Labute approximate surface area is 91.6 Å². The van der Waals surface area contributed by atoms with Crippen molar-refractivity contribution >= 4 is 34.8 Å². The predicted molar refractivity (Wildman–Crippen MR) is 54.1 cm³/mol. The molecule has 0 aliphatic heterocycles. The normalized spacial score (nSPS) is 32.1. The second kappa shape index (κ2) is 3.52. The van der Waals surface area contributed by atoms with Gasteiger partial charge >= 0.3 is 0 Å². The number of hydrogen-bond donors (Lipinski definition) is 0. The Hall–Kier alpha value is -0.600. The largest absolute Gasteiger partial charge is 0.293 e. The molecule has 4 heteroatoms. The van der Waals surface area contributed by atoms with E-state index in [1.165, 1.54) is 0 Å². The molecule has 0 amide bonds. The van der Waals surface area contributed by atoms with E-state index in [0.29, 0.717) is 12.8 Å². The fourth-order valence-corrected chi connectivity index (χ4v) is 2.40. The highest BCUT2D eigenvalue weighted by Gasteiger charge is 2.41. The topological polar surface area (TPSA) is 34.1 Å². The number of carbonyl (C=O) groups is 2. The molecule has 0 N–H and O–H groups in total. The Kier molecular flexibility index (Phi) is 2.50. The lowest BCUT2D eigenvalue weighted by atomic mass is 9.74. The predicted octanol–water partition coefficient (Wildman–Crippen LogP) is 2.41. The van der Waals surface area contributed by atoms with Crippen molar-refractivity contribution in [2.45, 2.75) is 12.8 Å². The van der Waals surface area contributed by atoms with Crippen LogP contribution in [-0.2, 0) is 9.59 Å². The second-order valence-electron chi connectivity index (χ2n) is 3.51. The van der Waals surface area contributed by atoms with E-state index in [2.05, 4.69) is 0 Å². The van der Waals surface area contributed by atoms with E-state index < -0.39 is 0 Å². The van der Waals surface area contributed by atoms with E-state index in [0.717, 1.165) is 0 Å². The summed E-state index contributed by atoms with van der Waals surface area (Å²) in [5.74, 6) is -0.957. The third-order valence-electron chi connectivity index (χ3n) is 2.73. The van der Waals surface area contributed by atoms with Gasteiger partial charge in [0.2, 0.25) is 0 Å². The van der Waals surface area contributed by atoms with Gasteiger partial charge in [-0.05, 0) is 12.8 Å². The number of allylic oxidation sites excluding steroid dienone is 4. The lowest BCUT2D eigenvalue weighted by Gasteiger charge is -2.29. The van der Waals surface area contributed by atoms with Gasteiger partial charge in [-0.1, -0.05) is 35.4 Å². The van der Waals surface area contributed by atoms with Crippen molar-refractivity contribution in [1.82, 2.24) is 0 Å². The van der Waals surface area contributed by atoms with Gasteiger partial charge in [0.15, 0.2) is 11.6 Å². The van der Waals surface area contributed by atoms with Crippen LogP contribution in [0.5, 0.6) is 0 Å². The van der Waals surface area contributed by atoms with Gasteiger partial charge in [-0.15, -0.1) is 0 Å². The molecule has 0 aromatic heterocycles. The molecule has 74 valence electrons. The number of hydrogen-bond acceptors (Lipinski definition) is 2. The summed E-state index contributed by atoms with van der Waals surface area (Å²) in [6.07, 6.45) is 5.01. The Morgan fingerprint density at radius 3 is 1.64 bits per heavy atom. The molecule has 2 aliphatic rings. The van der Waals surface area contributed by atoms with Crippen LogP contribution in [0.4, 0.5) is 0 Å². The molecule has 14 heavy (non-hydrogen) atoms. The van der Waals surface area contributed by atoms with Crippen LogP contribution >= 0.6 is 23.2 Å². The van der Waals surface area contributed by atoms with E-state index in [-0.39, 0.29) is 33.5 Å². The van der Waals surface area contributed by atoms with Crippen molar-refractivity contribution < 1.29 is 9.59 Å². The molecule has 0 spiro atoms. The van der Waals surface area contributed by atoms with Crippen molar-refractivity contribution in [3.8, 4) is 0 Å². The van der Waals surface area contributed by atoms with Gasteiger partial charge in [-0.25, -0.2) is 0 Å². The number of rotatable bonds is 0. The fourth-order valence-electron chi connectivity index (χ4n) is 1.94. The average Bonchev–Trinajstić information content (AvgIpc) is 2.23. The van der Waals surface area contributed by atoms with Crippen molar-refractivity contribution in [2.75, 3.05) is 0 Å². The molecule has 0 saturated heterocycles. The van der Waals surface area contributed by atoms with E-state index in [1.54, 1.807) is 0 Å². The molecule has 0 aromatic carbocycles. The molecule has 0 radical (unpaired) electrons. The number of carbonyl (C=O) groups excluding carboxylic acids is 2. The molecule has 0 unspecified atom stereocenters. The van der Waals surface area contributed by atoms with Crippen LogP contribution in [0.15, 0.2) is 22.2 Å². The molecule has 0 bridgehead atoms. The summed E-state index contributed by atoms with van der Waals surface area (Å²) in [6.45, 7) is 0. The first kappa shape index (κ1) is 9.94. The van der Waals surface area contributed by atoms with Crippen molar-refractivity contribution in [1.29, 1.82) is 0 Å². The number of ketones is 2. The highest BCUT2D eigenvalue weighted by atomic mass is 35.5. The molecule has 0 aromatic rings. The van der Waals surface area contributed by atoms with Crippen molar-refractivity contribution in [3.05, 3.63) is 22.2 Å². The Morgan fingerprint density at radius 1 is 0.929 bits per heavy atom. The summed E-state index contributed by atoms with van der Waals surface area (Å²) in [5.41, 5.74) is 0. The summed E-state index contributed by atoms with van der Waals surface area (Å²) in [7, 11) is 0. The monoisotopic (exact) mass is 230 g/mol. The zero-order valence-electron chi connectivity index (χ0n) is 7.30. The van der Waals surface area contributed by atoms with Gasteiger partial charge in [0.05, 0.1) is 0 Å². The molecule has 0 heterocycles. The van der Waals surface area contributed by atoms with Gasteiger partial charge in [0.25, 0.3) is 0 Å². The summed E-state index contributed by atoms with van der Waals surface area (Å²) in [5, 5.41) is -0.179. The van der Waals surface area contributed by atoms with Gasteiger partial charge in [-0.3, -0.25) is 9.59 Å². The standard InChI is InChI=1S/C10H8Cl2O2/c11-7-8(12)10(14)6-4-2-1-3-5(6)9(7)13/h1-2,5-6H,3-4H2/t5-,6+. The maximum atomic E-state index is 11.7. The quantitative estimate of drug-likeness (QED) is 0.600. The fraction of sp³-hybridized carbons (Fsp3) is 0.400. The number of fused-ring (bicyclic) bond motifs is 1. The first-order valence-electron chi connectivity index (χ1n) is 4.41. The minimum absolute atomic E-state index is 0.0896. The molecule has 2 aliphatic carbocycles. The summed E-state index contributed by atoms with van der Waals surface area (Å²) >= 11 is 11.4. The maximum absolute atomic E-state index is 11.7. The SMILES string of the molecule is O=C1C(Cl)=C(Cl)C(=O)[C@@H]2CC=CC[C@H]12. The van der Waals surface area contributed by atoms with Gasteiger partial charge in [0, 0.05) is 11.8 Å². The van der Waals surface area contributed by atoms with Crippen LogP contribution in [-0.4, -0.2) is 11.6 Å². The van der Waals surface area contributed by atoms with Gasteiger partial charge in [0.1, 0.15) is 10.1 Å². The molecule has 2 rings (SSSR count). The van der Waals surface area contributed by atoms with Gasteiger partial charge < -0.3 is 0 Å². The smallest absolute Gasteiger partial charge is 0.179 e. The molecule has 2 nitrogen and oxygen atoms in total. The zero-order chi connectivity index (χ0) is 10.3. The van der Waals surface area contributed by atoms with Crippen LogP contribution in [0.3, 0.4) is 0 Å². The third kappa shape index (κ3) is 1.33.